The molecule has 29 heavy (non-hydrogen) atoms. The molecule has 0 radical (unpaired) electrons. The van der Waals surface area contributed by atoms with E-state index in [1.165, 1.54) is 0 Å². The zero-order valence-electron chi connectivity index (χ0n) is 16.0. The van der Waals surface area contributed by atoms with Crippen molar-refractivity contribution in [3.63, 3.8) is 0 Å². The Bertz CT molecular complexity index is 1030. The first-order chi connectivity index (χ1) is 14.3. The van der Waals surface area contributed by atoms with E-state index < -0.39 is 0 Å². The minimum absolute atomic E-state index is 0.143. The van der Waals surface area contributed by atoms with Crippen molar-refractivity contribution in [3.8, 4) is 0 Å². The maximum Gasteiger partial charge on any atom is 0.269 e. The summed E-state index contributed by atoms with van der Waals surface area (Å²) in [5.41, 5.74) is 6.79. The first-order valence-corrected chi connectivity index (χ1v) is 9.52. The first kappa shape index (κ1) is 18.5. The average Bonchev–Trinajstić information content (AvgIpc) is 3.28. The molecule has 0 saturated carbocycles. The Hall–Kier alpha value is -3.86. The fourth-order valence-corrected chi connectivity index (χ4v) is 3.10. The number of anilines is 1. The third-order valence-corrected chi connectivity index (χ3v) is 4.61. The molecule has 0 aliphatic heterocycles. The third kappa shape index (κ3) is 4.90. The maximum atomic E-state index is 12.9. The van der Waals surface area contributed by atoms with Crippen LogP contribution < -0.4 is 10.4 Å². The van der Waals surface area contributed by atoms with E-state index in [2.05, 4.69) is 10.5 Å². The standard InChI is InChI=1S/C24H22N4O/c29-24(22-14-12-21(13-15-22)18-27-17-7-16-25-27)26-28(23-10-5-2-6-11-23)19-20-8-3-1-4-9-20/h1-17H,18-19H2,(H,26,29). The molecule has 0 spiro atoms. The molecule has 144 valence electrons. The zero-order chi connectivity index (χ0) is 19.9. The molecule has 5 heteroatoms. The maximum absolute atomic E-state index is 12.9. The molecule has 1 N–H and O–H groups in total. The van der Waals surface area contributed by atoms with E-state index in [1.54, 1.807) is 6.20 Å². The van der Waals surface area contributed by atoms with Gasteiger partial charge in [-0.3, -0.25) is 19.9 Å². The number of hydrogen-bond donors (Lipinski definition) is 1. The Labute approximate surface area is 170 Å². The van der Waals surface area contributed by atoms with Gasteiger partial charge in [-0.05, 0) is 41.5 Å². The second-order valence-corrected chi connectivity index (χ2v) is 6.75. The van der Waals surface area contributed by atoms with Gasteiger partial charge in [0.05, 0.1) is 18.8 Å². The first-order valence-electron chi connectivity index (χ1n) is 9.52. The third-order valence-electron chi connectivity index (χ3n) is 4.61. The number of hydrazine groups is 1. The largest absolute Gasteiger partial charge is 0.281 e. The average molecular weight is 382 g/mol. The number of rotatable bonds is 7. The summed E-state index contributed by atoms with van der Waals surface area (Å²) in [7, 11) is 0. The monoisotopic (exact) mass is 382 g/mol. The lowest BCUT2D eigenvalue weighted by Gasteiger charge is -2.25. The molecule has 0 bridgehead atoms. The predicted octanol–water partition coefficient (Wildman–Crippen LogP) is 4.28. The van der Waals surface area contributed by atoms with Crippen molar-refractivity contribution in [1.82, 2.24) is 15.2 Å². The van der Waals surface area contributed by atoms with Crippen molar-refractivity contribution < 1.29 is 4.79 Å². The fourth-order valence-electron chi connectivity index (χ4n) is 3.10. The quantitative estimate of drug-likeness (QED) is 0.485. The van der Waals surface area contributed by atoms with Crippen molar-refractivity contribution in [3.05, 3.63) is 120 Å². The van der Waals surface area contributed by atoms with Gasteiger partial charge in [0, 0.05) is 18.0 Å². The summed E-state index contributed by atoms with van der Waals surface area (Å²) in [6, 6.07) is 29.4. The van der Waals surface area contributed by atoms with Gasteiger partial charge >= 0.3 is 0 Å². The summed E-state index contributed by atoms with van der Waals surface area (Å²) in [5.74, 6) is -0.143. The summed E-state index contributed by atoms with van der Waals surface area (Å²) >= 11 is 0. The number of nitrogens with one attached hydrogen (secondary N) is 1. The van der Waals surface area contributed by atoms with Crippen LogP contribution in [-0.2, 0) is 13.1 Å². The van der Waals surface area contributed by atoms with Gasteiger partial charge in [-0.2, -0.15) is 5.10 Å². The molecule has 0 unspecified atom stereocenters. The van der Waals surface area contributed by atoms with E-state index in [4.69, 9.17) is 0 Å². The van der Waals surface area contributed by atoms with Crippen LogP contribution in [0.5, 0.6) is 0 Å². The Morgan fingerprint density at radius 2 is 1.52 bits per heavy atom. The number of benzene rings is 3. The molecule has 1 aromatic heterocycles. The van der Waals surface area contributed by atoms with Gasteiger partial charge < -0.3 is 0 Å². The molecule has 4 aromatic rings. The van der Waals surface area contributed by atoms with E-state index in [9.17, 15) is 4.79 Å². The number of aromatic nitrogens is 2. The Kier molecular flexibility index (Phi) is 5.67. The van der Waals surface area contributed by atoms with Gasteiger partial charge in [0.15, 0.2) is 0 Å². The summed E-state index contributed by atoms with van der Waals surface area (Å²) < 4.78 is 1.85. The highest BCUT2D eigenvalue weighted by Gasteiger charge is 2.13. The van der Waals surface area contributed by atoms with Crippen LogP contribution >= 0.6 is 0 Å². The van der Waals surface area contributed by atoms with Crippen LogP contribution in [0.4, 0.5) is 5.69 Å². The number of carbonyl (C=O) groups is 1. The highest BCUT2D eigenvalue weighted by Crippen LogP contribution is 2.15. The Morgan fingerprint density at radius 3 is 2.17 bits per heavy atom. The van der Waals surface area contributed by atoms with Crippen LogP contribution in [0.25, 0.3) is 0 Å². The highest BCUT2D eigenvalue weighted by molar-refractivity contribution is 5.95. The topological polar surface area (TPSA) is 50.2 Å². The number of nitrogens with zero attached hydrogens (tertiary/aromatic N) is 3. The van der Waals surface area contributed by atoms with Crippen LogP contribution in [0.15, 0.2) is 103 Å². The predicted molar refractivity (Wildman–Crippen MR) is 114 cm³/mol. The Morgan fingerprint density at radius 1 is 0.828 bits per heavy atom. The molecule has 1 heterocycles. The van der Waals surface area contributed by atoms with Crippen molar-refractivity contribution >= 4 is 11.6 Å². The summed E-state index contributed by atoms with van der Waals surface area (Å²) in [4.78, 5) is 12.9. The lowest BCUT2D eigenvalue weighted by molar-refractivity contribution is 0.0948. The van der Waals surface area contributed by atoms with Crippen LogP contribution in [-0.4, -0.2) is 15.7 Å². The minimum Gasteiger partial charge on any atom is -0.281 e. The normalized spacial score (nSPS) is 10.5. The van der Waals surface area contributed by atoms with Crippen LogP contribution in [0.3, 0.4) is 0 Å². The molecule has 1 amide bonds. The van der Waals surface area contributed by atoms with E-state index >= 15 is 0 Å². The molecule has 0 fully saturated rings. The second-order valence-electron chi connectivity index (χ2n) is 6.75. The Balaban J connectivity index is 1.48. The molecular weight excluding hydrogens is 360 g/mol. The van der Waals surface area contributed by atoms with Crippen molar-refractivity contribution in [1.29, 1.82) is 0 Å². The van der Waals surface area contributed by atoms with Crippen LogP contribution in [0.2, 0.25) is 0 Å². The van der Waals surface area contributed by atoms with Gasteiger partial charge in [-0.15, -0.1) is 0 Å². The van der Waals surface area contributed by atoms with E-state index in [0.717, 1.165) is 16.8 Å². The molecular formula is C24H22N4O. The lowest BCUT2D eigenvalue weighted by Crippen LogP contribution is -2.42. The number of carbonyl (C=O) groups excluding carboxylic acids is 1. The van der Waals surface area contributed by atoms with Crippen LogP contribution in [0, 0.1) is 0 Å². The van der Waals surface area contributed by atoms with Gasteiger partial charge in [0.25, 0.3) is 5.91 Å². The summed E-state index contributed by atoms with van der Waals surface area (Å²) in [6.45, 7) is 1.26. The van der Waals surface area contributed by atoms with Gasteiger partial charge in [0.1, 0.15) is 0 Å². The number of hydrogen-bond acceptors (Lipinski definition) is 3. The van der Waals surface area contributed by atoms with Crippen molar-refractivity contribution in [2.45, 2.75) is 13.1 Å². The van der Waals surface area contributed by atoms with Gasteiger partial charge in [-0.1, -0.05) is 60.7 Å². The van der Waals surface area contributed by atoms with Gasteiger partial charge in [0.2, 0.25) is 0 Å². The molecule has 4 rings (SSSR count). The van der Waals surface area contributed by atoms with E-state index in [-0.39, 0.29) is 5.91 Å². The zero-order valence-corrected chi connectivity index (χ0v) is 16.0. The van der Waals surface area contributed by atoms with E-state index in [1.807, 2.05) is 107 Å². The van der Waals surface area contributed by atoms with Crippen molar-refractivity contribution in [2.75, 3.05) is 5.01 Å². The van der Waals surface area contributed by atoms with E-state index in [0.29, 0.717) is 18.7 Å². The highest BCUT2D eigenvalue weighted by atomic mass is 16.2. The molecule has 0 saturated heterocycles. The fraction of sp³-hybridized carbons (Fsp3) is 0.0833. The summed E-state index contributed by atoms with van der Waals surface area (Å²) in [6.07, 6.45) is 3.68. The molecule has 0 aliphatic carbocycles. The van der Waals surface area contributed by atoms with Crippen molar-refractivity contribution in [2.24, 2.45) is 0 Å². The molecule has 0 atom stereocenters. The minimum atomic E-state index is -0.143. The van der Waals surface area contributed by atoms with Gasteiger partial charge in [-0.25, -0.2) is 0 Å². The summed E-state index contributed by atoms with van der Waals surface area (Å²) in [5, 5.41) is 6.08. The lowest BCUT2D eigenvalue weighted by atomic mass is 10.1. The second kappa shape index (κ2) is 8.89. The molecule has 3 aromatic carbocycles. The van der Waals surface area contributed by atoms with Crippen LogP contribution in [0.1, 0.15) is 21.5 Å². The number of para-hydroxylation sites is 1. The SMILES string of the molecule is O=C(NN(Cc1ccccc1)c1ccccc1)c1ccc(Cn2cccn2)cc1. The smallest absolute Gasteiger partial charge is 0.269 e. The molecule has 0 aliphatic rings. The number of amides is 1. The molecule has 5 nitrogen and oxygen atoms in total.